The summed E-state index contributed by atoms with van der Waals surface area (Å²) >= 11 is 0. The zero-order valence-electron chi connectivity index (χ0n) is 15.9. The second kappa shape index (κ2) is 10.0. The number of carbonyl (C=O) groups is 1. The number of rotatable bonds is 7. The van der Waals surface area contributed by atoms with Gasteiger partial charge in [0.25, 0.3) is 0 Å². The number of benzene rings is 1. The molecule has 1 unspecified atom stereocenters. The molecule has 6 nitrogen and oxygen atoms in total. The lowest BCUT2D eigenvalue weighted by atomic mass is 10.1. The van der Waals surface area contributed by atoms with Crippen molar-refractivity contribution in [1.82, 2.24) is 20.0 Å². The number of carbonyl (C=O) groups excluding carboxylic acids is 1. The van der Waals surface area contributed by atoms with Crippen molar-refractivity contribution < 1.29 is 9.53 Å². The summed E-state index contributed by atoms with van der Waals surface area (Å²) in [6, 6.07) is 10.8. The van der Waals surface area contributed by atoms with Crippen molar-refractivity contribution in [3.63, 3.8) is 0 Å². The van der Waals surface area contributed by atoms with Crippen molar-refractivity contribution in [2.24, 2.45) is 0 Å². The molecule has 0 bridgehead atoms. The van der Waals surface area contributed by atoms with E-state index in [9.17, 15) is 4.79 Å². The van der Waals surface area contributed by atoms with Gasteiger partial charge in [-0.25, -0.2) is 0 Å². The molecule has 2 aliphatic heterocycles. The number of likely N-dealkylation sites (N-methyl/N-ethyl adjacent to an activating group) is 1. The monoisotopic (exact) mass is 360 g/mol. The second-order valence-corrected chi connectivity index (χ2v) is 7.38. The molecule has 1 amide bonds. The third-order valence-corrected chi connectivity index (χ3v) is 5.24. The van der Waals surface area contributed by atoms with Crippen LogP contribution in [0.5, 0.6) is 0 Å². The van der Waals surface area contributed by atoms with Gasteiger partial charge in [0.05, 0.1) is 13.2 Å². The van der Waals surface area contributed by atoms with Crippen LogP contribution in [-0.4, -0.2) is 92.7 Å². The van der Waals surface area contributed by atoms with Gasteiger partial charge in [0.2, 0.25) is 5.91 Å². The lowest BCUT2D eigenvalue weighted by Crippen LogP contribution is -2.52. The highest BCUT2D eigenvalue weighted by Crippen LogP contribution is 2.08. The minimum atomic E-state index is 0.181. The van der Waals surface area contributed by atoms with Gasteiger partial charge in [-0.3, -0.25) is 9.69 Å². The Bertz CT molecular complexity index is 540. The molecule has 1 aromatic carbocycles. The van der Waals surface area contributed by atoms with E-state index in [0.29, 0.717) is 13.0 Å². The maximum absolute atomic E-state index is 12.4. The standard InChI is InChI=1S/C20H32N4O2/c1-22(16-18-5-3-2-4-6-18)8-9-23-10-12-24(13-11-23)20(25)15-19-17-26-14-7-21-19/h2-6,19,21H,7-17H2,1H3. The molecule has 0 radical (unpaired) electrons. The molecule has 2 saturated heterocycles. The van der Waals surface area contributed by atoms with Gasteiger partial charge < -0.3 is 19.9 Å². The van der Waals surface area contributed by atoms with E-state index in [1.807, 2.05) is 4.90 Å². The van der Waals surface area contributed by atoms with Crippen molar-refractivity contribution in [2.45, 2.75) is 19.0 Å². The minimum absolute atomic E-state index is 0.181. The molecule has 0 spiro atoms. The van der Waals surface area contributed by atoms with E-state index < -0.39 is 0 Å². The van der Waals surface area contributed by atoms with Crippen LogP contribution >= 0.6 is 0 Å². The molecular weight excluding hydrogens is 328 g/mol. The van der Waals surface area contributed by atoms with Crippen molar-refractivity contribution in [2.75, 3.05) is 66.1 Å². The second-order valence-electron chi connectivity index (χ2n) is 7.38. The van der Waals surface area contributed by atoms with Crippen LogP contribution in [-0.2, 0) is 16.1 Å². The first-order valence-electron chi connectivity index (χ1n) is 9.74. The number of morpholine rings is 1. The number of nitrogens with zero attached hydrogens (tertiary/aromatic N) is 3. The largest absolute Gasteiger partial charge is 0.378 e. The Hall–Kier alpha value is -1.47. The van der Waals surface area contributed by atoms with Crippen LogP contribution in [0, 0.1) is 0 Å². The average Bonchev–Trinajstić information content (AvgIpc) is 2.68. The molecule has 0 aliphatic carbocycles. The summed E-state index contributed by atoms with van der Waals surface area (Å²) in [5.74, 6) is 0.258. The summed E-state index contributed by atoms with van der Waals surface area (Å²) in [6.07, 6.45) is 0.555. The van der Waals surface area contributed by atoms with Crippen LogP contribution in [0.4, 0.5) is 0 Å². The van der Waals surface area contributed by atoms with Gasteiger partial charge in [-0.15, -0.1) is 0 Å². The first kappa shape index (κ1) is 19.3. The van der Waals surface area contributed by atoms with E-state index in [0.717, 1.165) is 59.0 Å². The van der Waals surface area contributed by atoms with Crippen molar-refractivity contribution >= 4 is 5.91 Å². The van der Waals surface area contributed by atoms with Crippen LogP contribution in [0.1, 0.15) is 12.0 Å². The Morgan fingerprint density at radius 2 is 2.00 bits per heavy atom. The van der Waals surface area contributed by atoms with Crippen molar-refractivity contribution in [1.29, 1.82) is 0 Å². The van der Waals surface area contributed by atoms with Gasteiger partial charge in [0.1, 0.15) is 0 Å². The first-order chi connectivity index (χ1) is 12.7. The Balaban J connectivity index is 1.32. The highest BCUT2D eigenvalue weighted by atomic mass is 16.5. The highest BCUT2D eigenvalue weighted by molar-refractivity contribution is 5.77. The summed E-state index contributed by atoms with van der Waals surface area (Å²) in [5.41, 5.74) is 1.35. The normalized spacial score (nSPS) is 21.9. The van der Waals surface area contributed by atoms with Crippen molar-refractivity contribution in [3.05, 3.63) is 35.9 Å². The Morgan fingerprint density at radius 1 is 1.23 bits per heavy atom. The molecule has 2 fully saturated rings. The predicted octanol–water partition coefficient (Wildman–Crippen LogP) is 0.641. The molecule has 2 heterocycles. The number of ether oxygens (including phenoxy) is 1. The summed E-state index contributed by atoms with van der Waals surface area (Å²) in [4.78, 5) is 19.3. The van der Waals surface area contributed by atoms with E-state index in [2.05, 4.69) is 52.5 Å². The van der Waals surface area contributed by atoms with Crippen LogP contribution < -0.4 is 5.32 Å². The Kier molecular flexibility index (Phi) is 7.43. The predicted molar refractivity (Wildman–Crippen MR) is 103 cm³/mol. The summed E-state index contributed by atoms with van der Waals surface area (Å²) in [6.45, 7) is 8.97. The van der Waals surface area contributed by atoms with Gasteiger partial charge in [-0.2, -0.15) is 0 Å². The van der Waals surface area contributed by atoms with Gasteiger partial charge in [0, 0.05) is 64.8 Å². The van der Waals surface area contributed by atoms with Crippen LogP contribution in [0.2, 0.25) is 0 Å². The molecule has 144 valence electrons. The summed E-state index contributed by atoms with van der Waals surface area (Å²) < 4.78 is 5.44. The minimum Gasteiger partial charge on any atom is -0.378 e. The van der Waals surface area contributed by atoms with Gasteiger partial charge in [0.15, 0.2) is 0 Å². The molecule has 1 aromatic rings. The molecule has 0 saturated carbocycles. The SMILES string of the molecule is CN(CCN1CCN(C(=O)CC2COCCN2)CC1)Cc1ccccc1. The third kappa shape index (κ3) is 6.06. The molecule has 26 heavy (non-hydrogen) atoms. The topological polar surface area (TPSA) is 48.0 Å². The fourth-order valence-corrected chi connectivity index (χ4v) is 3.60. The highest BCUT2D eigenvalue weighted by Gasteiger charge is 2.24. The van der Waals surface area contributed by atoms with Crippen LogP contribution in [0.15, 0.2) is 30.3 Å². The molecule has 1 atom stereocenters. The lowest BCUT2D eigenvalue weighted by molar-refractivity contribution is -0.134. The molecule has 3 rings (SSSR count). The molecule has 0 aromatic heterocycles. The molecule has 1 N–H and O–H groups in total. The Morgan fingerprint density at radius 3 is 2.69 bits per heavy atom. The number of hydrogen-bond donors (Lipinski definition) is 1. The average molecular weight is 361 g/mol. The fourth-order valence-electron chi connectivity index (χ4n) is 3.60. The molecular formula is C20H32N4O2. The number of piperazine rings is 1. The summed E-state index contributed by atoms with van der Waals surface area (Å²) in [5, 5.41) is 3.36. The maximum atomic E-state index is 12.4. The number of amides is 1. The lowest BCUT2D eigenvalue weighted by Gasteiger charge is -2.36. The maximum Gasteiger partial charge on any atom is 0.224 e. The zero-order chi connectivity index (χ0) is 18.2. The van der Waals surface area contributed by atoms with Gasteiger partial charge >= 0.3 is 0 Å². The number of hydrogen-bond acceptors (Lipinski definition) is 5. The zero-order valence-corrected chi connectivity index (χ0v) is 15.9. The van der Waals surface area contributed by atoms with Crippen molar-refractivity contribution in [3.8, 4) is 0 Å². The van der Waals surface area contributed by atoms with E-state index >= 15 is 0 Å². The van der Waals surface area contributed by atoms with Gasteiger partial charge in [-0.05, 0) is 12.6 Å². The Labute approximate surface area is 157 Å². The first-order valence-corrected chi connectivity index (χ1v) is 9.74. The summed E-state index contributed by atoms with van der Waals surface area (Å²) in [7, 11) is 2.17. The van der Waals surface area contributed by atoms with Crippen LogP contribution in [0.3, 0.4) is 0 Å². The number of nitrogens with one attached hydrogen (secondary N) is 1. The van der Waals surface area contributed by atoms with E-state index in [1.54, 1.807) is 0 Å². The smallest absolute Gasteiger partial charge is 0.224 e. The molecule has 2 aliphatic rings. The van der Waals surface area contributed by atoms with E-state index in [4.69, 9.17) is 4.74 Å². The van der Waals surface area contributed by atoms with E-state index in [1.165, 1.54) is 5.56 Å². The quantitative estimate of drug-likeness (QED) is 0.773. The fraction of sp³-hybridized carbons (Fsp3) is 0.650. The third-order valence-electron chi connectivity index (χ3n) is 5.24. The van der Waals surface area contributed by atoms with Gasteiger partial charge in [-0.1, -0.05) is 30.3 Å². The van der Waals surface area contributed by atoms with Crippen LogP contribution in [0.25, 0.3) is 0 Å². The van der Waals surface area contributed by atoms with E-state index in [-0.39, 0.29) is 11.9 Å². The molecule has 6 heteroatoms.